The summed E-state index contributed by atoms with van der Waals surface area (Å²) in [7, 11) is 3.62. The summed E-state index contributed by atoms with van der Waals surface area (Å²) in [5.41, 5.74) is 2.04. The van der Waals surface area contributed by atoms with Gasteiger partial charge in [-0.2, -0.15) is 0 Å². The van der Waals surface area contributed by atoms with E-state index in [1.54, 1.807) is 7.11 Å². The first-order valence-corrected chi connectivity index (χ1v) is 5.13. The first-order chi connectivity index (χ1) is 7.15. The second-order valence-corrected chi connectivity index (χ2v) is 3.71. The number of methoxy groups -OCH3 is 1. The van der Waals surface area contributed by atoms with E-state index in [-0.39, 0.29) is 6.04 Å². The Morgan fingerprint density at radius 1 is 1.33 bits per heavy atom. The molecule has 1 aromatic heterocycles. The third-order valence-corrected chi connectivity index (χ3v) is 2.23. The molecule has 0 radical (unpaired) electrons. The molecule has 1 aromatic rings. The molecular formula is C11H19N3O. The molecule has 0 spiro atoms. The van der Waals surface area contributed by atoms with Crippen LogP contribution in [-0.2, 0) is 11.2 Å². The summed E-state index contributed by atoms with van der Waals surface area (Å²) < 4.78 is 5.11. The highest BCUT2D eigenvalue weighted by Gasteiger charge is 2.09. The van der Waals surface area contributed by atoms with Crippen molar-refractivity contribution >= 4 is 0 Å². The number of likely N-dealkylation sites (N-methyl/N-ethyl adjacent to an activating group) is 1. The van der Waals surface area contributed by atoms with Gasteiger partial charge in [0.2, 0.25) is 0 Å². The zero-order valence-electron chi connectivity index (χ0n) is 9.87. The molecule has 0 aliphatic heterocycles. The Labute approximate surface area is 91.1 Å². The first-order valence-electron chi connectivity index (χ1n) is 5.13. The van der Waals surface area contributed by atoms with Gasteiger partial charge in [-0.25, -0.2) is 9.97 Å². The quantitative estimate of drug-likeness (QED) is 0.781. The van der Waals surface area contributed by atoms with Gasteiger partial charge in [0.25, 0.3) is 0 Å². The molecule has 4 heteroatoms. The smallest absolute Gasteiger partial charge is 0.130 e. The number of rotatable bonds is 5. The van der Waals surface area contributed by atoms with E-state index < -0.39 is 0 Å². The highest BCUT2D eigenvalue weighted by Crippen LogP contribution is 2.02. The molecule has 0 saturated heterocycles. The van der Waals surface area contributed by atoms with Crippen molar-refractivity contribution < 1.29 is 4.74 Å². The van der Waals surface area contributed by atoms with Crippen molar-refractivity contribution in [2.45, 2.75) is 26.3 Å². The fourth-order valence-electron chi connectivity index (χ4n) is 1.56. The number of nitrogens with zero attached hydrogens (tertiary/aromatic N) is 2. The van der Waals surface area contributed by atoms with Crippen LogP contribution in [-0.4, -0.2) is 36.8 Å². The summed E-state index contributed by atoms with van der Waals surface area (Å²) in [4.78, 5) is 8.79. The summed E-state index contributed by atoms with van der Waals surface area (Å²) >= 11 is 0. The maximum atomic E-state index is 5.11. The molecule has 0 aromatic carbocycles. The van der Waals surface area contributed by atoms with Crippen LogP contribution < -0.4 is 5.32 Å². The number of aromatic nitrogens is 2. The van der Waals surface area contributed by atoms with Gasteiger partial charge >= 0.3 is 0 Å². The molecule has 1 unspecified atom stereocenters. The minimum atomic E-state index is 0.274. The van der Waals surface area contributed by atoms with E-state index in [4.69, 9.17) is 4.74 Å². The SMILES string of the molecule is CNC(COC)Cc1nc(C)cc(C)n1. The van der Waals surface area contributed by atoms with Gasteiger partial charge in [-0.3, -0.25) is 0 Å². The number of nitrogens with one attached hydrogen (secondary N) is 1. The Bertz CT molecular complexity index is 294. The lowest BCUT2D eigenvalue weighted by Crippen LogP contribution is -2.32. The molecule has 0 saturated carbocycles. The van der Waals surface area contributed by atoms with Gasteiger partial charge in [-0.15, -0.1) is 0 Å². The molecule has 84 valence electrons. The van der Waals surface area contributed by atoms with Crippen LogP contribution in [0.1, 0.15) is 17.2 Å². The van der Waals surface area contributed by atoms with Crippen molar-refractivity contribution in [2.24, 2.45) is 0 Å². The van der Waals surface area contributed by atoms with E-state index in [9.17, 15) is 0 Å². The van der Waals surface area contributed by atoms with Gasteiger partial charge < -0.3 is 10.1 Å². The molecule has 1 heterocycles. The van der Waals surface area contributed by atoms with E-state index in [1.165, 1.54) is 0 Å². The van der Waals surface area contributed by atoms with Crippen molar-refractivity contribution in [1.82, 2.24) is 15.3 Å². The van der Waals surface area contributed by atoms with Gasteiger partial charge in [-0.05, 0) is 27.0 Å². The van der Waals surface area contributed by atoms with Crippen LogP contribution in [0.2, 0.25) is 0 Å². The van der Waals surface area contributed by atoms with Crippen molar-refractivity contribution in [1.29, 1.82) is 0 Å². The van der Waals surface area contributed by atoms with Crippen LogP contribution in [0.15, 0.2) is 6.07 Å². The maximum absolute atomic E-state index is 5.11. The maximum Gasteiger partial charge on any atom is 0.130 e. The number of hydrogen-bond donors (Lipinski definition) is 1. The third-order valence-electron chi connectivity index (χ3n) is 2.23. The average molecular weight is 209 g/mol. The van der Waals surface area contributed by atoms with Crippen LogP contribution in [0.5, 0.6) is 0 Å². The zero-order valence-corrected chi connectivity index (χ0v) is 9.87. The lowest BCUT2D eigenvalue weighted by Gasteiger charge is -2.14. The highest BCUT2D eigenvalue weighted by atomic mass is 16.5. The van der Waals surface area contributed by atoms with Crippen molar-refractivity contribution in [3.63, 3.8) is 0 Å². The first kappa shape index (κ1) is 12.1. The molecule has 0 bridgehead atoms. The third kappa shape index (κ3) is 3.93. The number of ether oxygens (including phenoxy) is 1. The van der Waals surface area contributed by atoms with Gasteiger partial charge in [-0.1, -0.05) is 0 Å². The van der Waals surface area contributed by atoms with E-state index in [1.807, 2.05) is 27.0 Å². The molecule has 15 heavy (non-hydrogen) atoms. The second-order valence-electron chi connectivity index (χ2n) is 3.71. The van der Waals surface area contributed by atoms with Crippen LogP contribution in [0.3, 0.4) is 0 Å². The largest absolute Gasteiger partial charge is 0.383 e. The zero-order chi connectivity index (χ0) is 11.3. The van der Waals surface area contributed by atoms with E-state index in [2.05, 4.69) is 15.3 Å². The van der Waals surface area contributed by atoms with Crippen LogP contribution in [0.4, 0.5) is 0 Å². The molecule has 1 atom stereocenters. The monoisotopic (exact) mass is 209 g/mol. The average Bonchev–Trinajstić information content (AvgIpc) is 2.15. The summed E-state index contributed by atoms with van der Waals surface area (Å²) in [6.45, 7) is 4.65. The van der Waals surface area contributed by atoms with Gasteiger partial charge in [0.15, 0.2) is 0 Å². The number of aryl methyl sites for hydroxylation is 2. The Balaban J connectivity index is 2.69. The summed E-state index contributed by atoms with van der Waals surface area (Å²) in [6.07, 6.45) is 0.798. The molecule has 4 nitrogen and oxygen atoms in total. The second kappa shape index (κ2) is 5.78. The number of hydrogen-bond acceptors (Lipinski definition) is 4. The fourth-order valence-corrected chi connectivity index (χ4v) is 1.56. The molecule has 0 aliphatic rings. The highest BCUT2D eigenvalue weighted by molar-refractivity contribution is 5.09. The van der Waals surface area contributed by atoms with Crippen molar-refractivity contribution in [2.75, 3.05) is 20.8 Å². The molecule has 1 rings (SSSR count). The van der Waals surface area contributed by atoms with E-state index >= 15 is 0 Å². The Morgan fingerprint density at radius 3 is 2.40 bits per heavy atom. The summed E-state index contributed by atoms with van der Waals surface area (Å²) in [6, 6.07) is 2.25. The molecule has 0 fully saturated rings. The Hall–Kier alpha value is -1.00. The van der Waals surface area contributed by atoms with Gasteiger partial charge in [0, 0.05) is 31.0 Å². The van der Waals surface area contributed by atoms with E-state index in [0.717, 1.165) is 23.6 Å². The lowest BCUT2D eigenvalue weighted by atomic mass is 10.2. The van der Waals surface area contributed by atoms with Crippen LogP contribution in [0.25, 0.3) is 0 Å². The molecule has 0 amide bonds. The molecule has 1 N–H and O–H groups in total. The van der Waals surface area contributed by atoms with Gasteiger partial charge in [0.1, 0.15) is 5.82 Å². The Morgan fingerprint density at radius 2 is 1.93 bits per heavy atom. The van der Waals surface area contributed by atoms with E-state index in [0.29, 0.717) is 6.61 Å². The van der Waals surface area contributed by atoms with Gasteiger partial charge in [0.05, 0.1) is 6.61 Å². The summed E-state index contributed by atoms with van der Waals surface area (Å²) in [5.74, 6) is 0.879. The standard InChI is InChI=1S/C11H19N3O/c1-8-5-9(2)14-11(13-8)6-10(12-3)7-15-4/h5,10,12H,6-7H2,1-4H3. The normalized spacial score (nSPS) is 12.8. The fraction of sp³-hybridized carbons (Fsp3) is 0.636. The topological polar surface area (TPSA) is 47.0 Å². The predicted octanol–water partition coefficient (Wildman–Crippen LogP) is 0.870. The predicted molar refractivity (Wildman–Crippen MR) is 59.9 cm³/mol. The minimum Gasteiger partial charge on any atom is -0.383 e. The molecule has 0 aliphatic carbocycles. The minimum absolute atomic E-state index is 0.274. The van der Waals surface area contributed by atoms with Crippen LogP contribution >= 0.6 is 0 Å². The Kier molecular flexibility index (Phi) is 4.65. The lowest BCUT2D eigenvalue weighted by molar-refractivity contribution is 0.168. The summed E-state index contributed by atoms with van der Waals surface area (Å²) in [5, 5.41) is 3.19. The van der Waals surface area contributed by atoms with Crippen molar-refractivity contribution in [3.05, 3.63) is 23.3 Å². The molecular weight excluding hydrogens is 190 g/mol. The van der Waals surface area contributed by atoms with Crippen LogP contribution in [0, 0.1) is 13.8 Å². The van der Waals surface area contributed by atoms with Crippen molar-refractivity contribution in [3.8, 4) is 0 Å².